The van der Waals surface area contributed by atoms with Gasteiger partial charge in [0.15, 0.2) is 5.82 Å². The molecule has 0 radical (unpaired) electrons. The maximum Gasteiger partial charge on any atom is 0.152 e. The number of methoxy groups -OCH3 is 1. The molecule has 1 aliphatic carbocycles. The highest BCUT2D eigenvalue weighted by Gasteiger charge is 2.27. The Bertz CT molecular complexity index is 551. The lowest BCUT2D eigenvalue weighted by molar-refractivity contribution is 0.101. The van der Waals surface area contributed by atoms with E-state index in [0.29, 0.717) is 6.04 Å². The molecule has 96 valence electrons. The minimum atomic E-state index is 0.288. The first-order valence-electron chi connectivity index (χ1n) is 6.38. The molecule has 1 aliphatic rings. The highest BCUT2D eigenvalue weighted by atomic mass is 16.5. The maximum atomic E-state index is 5.50. The Morgan fingerprint density at radius 1 is 1.44 bits per heavy atom. The van der Waals surface area contributed by atoms with Gasteiger partial charge >= 0.3 is 0 Å². The van der Waals surface area contributed by atoms with Crippen molar-refractivity contribution in [3.8, 4) is 0 Å². The fourth-order valence-corrected chi connectivity index (χ4v) is 2.70. The first kappa shape index (κ1) is 11.5. The van der Waals surface area contributed by atoms with E-state index in [-0.39, 0.29) is 6.10 Å². The summed E-state index contributed by atoms with van der Waals surface area (Å²) in [6.07, 6.45) is 7.40. The largest absolute Gasteiger partial charge is 0.379 e. The van der Waals surface area contributed by atoms with Crippen LogP contribution in [0.3, 0.4) is 0 Å². The molecule has 0 aromatic carbocycles. The van der Waals surface area contributed by atoms with Crippen LogP contribution in [0.5, 0.6) is 0 Å². The van der Waals surface area contributed by atoms with Gasteiger partial charge in [-0.15, -0.1) is 0 Å². The van der Waals surface area contributed by atoms with Gasteiger partial charge in [-0.2, -0.15) is 5.10 Å². The van der Waals surface area contributed by atoms with Crippen LogP contribution in [0.2, 0.25) is 0 Å². The molecule has 5 heteroatoms. The number of aryl methyl sites for hydroxylation is 1. The molecular weight excluding hydrogens is 228 g/mol. The maximum absolute atomic E-state index is 5.50. The Hall–Kier alpha value is -1.62. The molecule has 1 saturated carbocycles. The van der Waals surface area contributed by atoms with Gasteiger partial charge in [-0.1, -0.05) is 0 Å². The summed E-state index contributed by atoms with van der Waals surface area (Å²) in [7, 11) is 1.78. The number of rotatable bonds is 3. The number of ether oxygens (including phenoxy) is 1. The summed E-state index contributed by atoms with van der Waals surface area (Å²) in [5.74, 6) is 0.895. The summed E-state index contributed by atoms with van der Waals surface area (Å²) >= 11 is 0. The fourth-order valence-electron chi connectivity index (χ4n) is 2.70. The summed E-state index contributed by atoms with van der Waals surface area (Å²) < 4.78 is 7.36. The molecule has 0 unspecified atom stereocenters. The predicted octanol–water partition coefficient (Wildman–Crippen LogP) is 2.02. The molecule has 0 spiro atoms. The van der Waals surface area contributed by atoms with Gasteiger partial charge in [0.2, 0.25) is 0 Å². The number of aromatic nitrogens is 3. The summed E-state index contributed by atoms with van der Waals surface area (Å²) in [5, 5.41) is 7.89. The summed E-state index contributed by atoms with van der Waals surface area (Å²) in [6.45, 7) is 1.99. The third kappa shape index (κ3) is 1.95. The van der Waals surface area contributed by atoms with Gasteiger partial charge in [0.1, 0.15) is 5.52 Å². The van der Waals surface area contributed by atoms with Crippen molar-refractivity contribution >= 4 is 11.3 Å². The first-order valence-corrected chi connectivity index (χ1v) is 6.38. The highest BCUT2D eigenvalue weighted by Crippen LogP contribution is 2.26. The summed E-state index contributed by atoms with van der Waals surface area (Å²) in [4.78, 5) is 4.42. The van der Waals surface area contributed by atoms with Crippen LogP contribution in [-0.4, -0.2) is 33.9 Å². The highest BCUT2D eigenvalue weighted by molar-refractivity contribution is 5.68. The minimum absolute atomic E-state index is 0.288. The van der Waals surface area contributed by atoms with Crippen molar-refractivity contribution in [2.24, 2.45) is 0 Å². The SMILES string of the molecule is CO[C@H]1CCC[C@@H]1Nc1nccn2nc(C)cc12. The zero-order valence-corrected chi connectivity index (χ0v) is 10.8. The quantitative estimate of drug-likeness (QED) is 0.900. The Kier molecular flexibility index (Phi) is 2.91. The molecule has 2 aromatic rings. The van der Waals surface area contributed by atoms with E-state index in [1.165, 1.54) is 6.42 Å². The van der Waals surface area contributed by atoms with Crippen molar-refractivity contribution in [1.82, 2.24) is 14.6 Å². The molecule has 3 rings (SSSR count). The molecule has 2 atom stereocenters. The van der Waals surface area contributed by atoms with Crippen LogP contribution in [0.1, 0.15) is 25.0 Å². The third-order valence-electron chi connectivity index (χ3n) is 3.59. The number of anilines is 1. The van der Waals surface area contributed by atoms with Gasteiger partial charge < -0.3 is 10.1 Å². The Balaban J connectivity index is 1.90. The van der Waals surface area contributed by atoms with Gasteiger partial charge in [-0.05, 0) is 32.3 Å². The van der Waals surface area contributed by atoms with E-state index in [4.69, 9.17) is 4.74 Å². The normalized spacial score (nSPS) is 23.7. The van der Waals surface area contributed by atoms with Crippen molar-refractivity contribution in [2.75, 3.05) is 12.4 Å². The lowest BCUT2D eigenvalue weighted by Crippen LogP contribution is -2.30. The molecule has 0 saturated heterocycles. The molecule has 1 N–H and O–H groups in total. The first-order chi connectivity index (χ1) is 8.78. The van der Waals surface area contributed by atoms with Gasteiger partial charge in [-0.3, -0.25) is 0 Å². The average Bonchev–Trinajstić information content (AvgIpc) is 2.94. The molecule has 0 amide bonds. The molecule has 2 aromatic heterocycles. The van der Waals surface area contributed by atoms with Gasteiger partial charge in [0, 0.05) is 19.5 Å². The second-order valence-electron chi connectivity index (χ2n) is 4.85. The van der Waals surface area contributed by atoms with Crippen molar-refractivity contribution < 1.29 is 4.74 Å². The molecule has 5 nitrogen and oxygen atoms in total. The molecule has 1 fully saturated rings. The van der Waals surface area contributed by atoms with Crippen LogP contribution in [-0.2, 0) is 4.74 Å². The van der Waals surface area contributed by atoms with E-state index in [1.807, 2.05) is 23.7 Å². The zero-order chi connectivity index (χ0) is 12.5. The molecule has 18 heavy (non-hydrogen) atoms. The Morgan fingerprint density at radius 3 is 3.17 bits per heavy atom. The second-order valence-corrected chi connectivity index (χ2v) is 4.85. The van der Waals surface area contributed by atoms with Crippen LogP contribution >= 0.6 is 0 Å². The summed E-state index contributed by atoms with van der Waals surface area (Å²) in [5.41, 5.74) is 2.03. The van der Waals surface area contributed by atoms with E-state index in [0.717, 1.165) is 29.9 Å². The van der Waals surface area contributed by atoms with Gasteiger partial charge in [0.05, 0.1) is 17.8 Å². The van der Waals surface area contributed by atoms with Crippen LogP contribution in [0, 0.1) is 6.92 Å². The standard InChI is InChI=1S/C13H18N4O/c1-9-8-11-13(14-6-7-17(11)16-9)15-10-4-3-5-12(10)18-2/h6-8,10,12H,3-5H2,1-2H3,(H,14,15)/t10-,12-/m0/s1. The lowest BCUT2D eigenvalue weighted by atomic mass is 10.2. The van der Waals surface area contributed by atoms with Gasteiger partial charge in [0.25, 0.3) is 0 Å². The number of nitrogens with one attached hydrogen (secondary N) is 1. The topological polar surface area (TPSA) is 51.5 Å². The lowest BCUT2D eigenvalue weighted by Gasteiger charge is -2.20. The van der Waals surface area contributed by atoms with Crippen LogP contribution in [0.4, 0.5) is 5.82 Å². The van der Waals surface area contributed by atoms with Gasteiger partial charge in [-0.25, -0.2) is 9.50 Å². The smallest absolute Gasteiger partial charge is 0.152 e. The second kappa shape index (κ2) is 4.57. The Labute approximate surface area is 106 Å². The van der Waals surface area contributed by atoms with Crippen molar-refractivity contribution in [2.45, 2.75) is 38.3 Å². The van der Waals surface area contributed by atoms with Crippen molar-refractivity contribution in [1.29, 1.82) is 0 Å². The van der Waals surface area contributed by atoms with Crippen LogP contribution in [0.25, 0.3) is 5.52 Å². The molecule has 0 bridgehead atoms. The number of hydrogen-bond donors (Lipinski definition) is 1. The Morgan fingerprint density at radius 2 is 2.33 bits per heavy atom. The number of hydrogen-bond acceptors (Lipinski definition) is 4. The summed E-state index contributed by atoms with van der Waals surface area (Å²) in [6, 6.07) is 2.40. The fraction of sp³-hybridized carbons (Fsp3) is 0.538. The average molecular weight is 246 g/mol. The van der Waals surface area contributed by atoms with Crippen LogP contribution < -0.4 is 5.32 Å². The number of fused-ring (bicyclic) bond motifs is 1. The number of nitrogens with zero attached hydrogens (tertiary/aromatic N) is 3. The molecule has 0 aliphatic heterocycles. The van der Waals surface area contributed by atoms with Crippen molar-refractivity contribution in [3.05, 3.63) is 24.2 Å². The van der Waals surface area contributed by atoms with E-state index in [9.17, 15) is 0 Å². The monoisotopic (exact) mass is 246 g/mol. The minimum Gasteiger partial charge on any atom is -0.379 e. The third-order valence-corrected chi connectivity index (χ3v) is 3.59. The van der Waals surface area contributed by atoms with E-state index < -0.39 is 0 Å². The van der Waals surface area contributed by atoms with E-state index in [1.54, 1.807) is 13.3 Å². The van der Waals surface area contributed by atoms with E-state index >= 15 is 0 Å². The zero-order valence-electron chi connectivity index (χ0n) is 10.8. The molecule has 2 heterocycles. The predicted molar refractivity (Wildman–Crippen MR) is 69.8 cm³/mol. The van der Waals surface area contributed by atoms with Crippen LogP contribution in [0.15, 0.2) is 18.5 Å². The molecular formula is C13H18N4O. The van der Waals surface area contributed by atoms with E-state index in [2.05, 4.69) is 15.4 Å². The van der Waals surface area contributed by atoms with Crippen molar-refractivity contribution in [3.63, 3.8) is 0 Å².